The fourth-order valence-electron chi connectivity index (χ4n) is 1.56. The van der Waals surface area contributed by atoms with E-state index in [-0.39, 0.29) is 5.41 Å². The highest BCUT2D eigenvalue weighted by Gasteiger charge is 2.32. The van der Waals surface area contributed by atoms with E-state index in [2.05, 4.69) is 0 Å². The maximum Gasteiger partial charge on any atom is 0.0870 e. The van der Waals surface area contributed by atoms with E-state index >= 15 is 0 Å². The van der Waals surface area contributed by atoms with E-state index in [1.807, 2.05) is 13.8 Å². The summed E-state index contributed by atoms with van der Waals surface area (Å²) in [5.74, 6) is 0. The fraction of sp³-hybridized carbons (Fsp3) is 0.500. The minimum atomic E-state index is -0.700. The van der Waals surface area contributed by atoms with Crippen molar-refractivity contribution >= 4 is 23.2 Å². The summed E-state index contributed by atoms with van der Waals surface area (Å²) in [7, 11) is 0. The molecule has 0 aliphatic rings. The molecule has 4 heteroatoms. The molecule has 0 heterocycles. The summed E-state index contributed by atoms with van der Waals surface area (Å²) in [5, 5.41) is 11.2. The molecule has 0 aliphatic heterocycles. The average Bonchev–Trinajstić information content (AvgIpc) is 2.31. The van der Waals surface area contributed by atoms with Crippen LogP contribution in [0.25, 0.3) is 0 Å². The highest BCUT2D eigenvalue weighted by molar-refractivity contribution is 6.42. The van der Waals surface area contributed by atoms with E-state index in [4.69, 9.17) is 28.9 Å². The van der Waals surface area contributed by atoms with Gasteiger partial charge in [0.25, 0.3) is 0 Å². The first kappa shape index (κ1) is 13.8. The molecule has 0 saturated heterocycles. The van der Waals surface area contributed by atoms with Gasteiger partial charge in [-0.25, -0.2) is 0 Å². The molecule has 0 bridgehead atoms. The molecule has 0 fully saturated rings. The van der Waals surface area contributed by atoms with Crippen molar-refractivity contribution in [2.45, 2.75) is 26.4 Å². The van der Waals surface area contributed by atoms with Gasteiger partial charge in [-0.2, -0.15) is 0 Å². The lowest BCUT2D eigenvalue weighted by Crippen LogP contribution is -2.33. The van der Waals surface area contributed by atoms with Crippen molar-refractivity contribution in [1.29, 1.82) is 0 Å². The Bertz CT molecular complexity index is 364. The topological polar surface area (TPSA) is 46.2 Å². The van der Waals surface area contributed by atoms with Gasteiger partial charge in [0.1, 0.15) is 0 Å². The van der Waals surface area contributed by atoms with Crippen LogP contribution in [0.4, 0.5) is 0 Å². The van der Waals surface area contributed by atoms with Crippen LogP contribution < -0.4 is 5.73 Å². The third kappa shape index (κ3) is 2.51. The zero-order chi connectivity index (χ0) is 12.3. The molecule has 2 nitrogen and oxygen atoms in total. The van der Waals surface area contributed by atoms with Gasteiger partial charge in [-0.05, 0) is 12.5 Å². The van der Waals surface area contributed by atoms with Crippen molar-refractivity contribution in [1.82, 2.24) is 0 Å². The third-order valence-electron chi connectivity index (χ3n) is 3.21. The molecule has 0 radical (unpaired) electrons. The number of hydrogen-bond donors (Lipinski definition) is 2. The molecule has 3 N–H and O–H groups in total. The smallest absolute Gasteiger partial charge is 0.0870 e. The van der Waals surface area contributed by atoms with E-state index in [0.717, 1.165) is 6.42 Å². The summed E-state index contributed by atoms with van der Waals surface area (Å²) in [6, 6.07) is 5.26. The van der Waals surface area contributed by atoms with Gasteiger partial charge >= 0.3 is 0 Å². The SMILES string of the molecule is CCC(C)(CN)C(O)c1cccc(Cl)c1Cl. The second kappa shape index (κ2) is 5.37. The van der Waals surface area contributed by atoms with Crippen molar-refractivity contribution in [3.05, 3.63) is 33.8 Å². The van der Waals surface area contributed by atoms with Gasteiger partial charge < -0.3 is 10.8 Å². The van der Waals surface area contributed by atoms with Crippen molar-refractivity contribution in [3.63, 3.8) is 0 Å². The number of halogens is 2. The normalized spacial score (nSPS) is 16.9. The summed E-state index contributed by atoms with van der Waals surface area (Å²) in [4.78, 5) is 0. The second-order valence-corrected chi connectivity index (χ2v) is 5.04. The predicted molar refractivity (Wildman–Crippen MR) is 68.9 cm³/mol. The first-order valence-corrected chi connectivity index (χ1v) is 6.04. The van der Waals surface area contributed by atoms with Crippen LogP contribution >= 0.6 is 23.2 Å². The third-order valence-corrected chi connectivity index (χ3v) is 4.04. The van der Waals surface area contributed by atoms with Crippen LogP contribution in [0.5, 0.6) is 0 Å². The van der Waals surface area contributed by atoms with E-state index in [1.165, 1.54) is 0 Å². The molecule has 16 heavy (non-hydrogen) atoms. The molecule has 1 aromatic rings. The van der Waals surface area contributed by atoms with Crippen LogP contribution in [0.3, 0.4) is 0 Å². The largest absolute Gasteiger partial charge is 0.388 e. The monoisotopic (exact) mass is 261 g/mol. The van der Waals surface area contributed by atoms with E-state index < -0.39 is 6.10 Å². The molecular weight excluding hydrogens is 245 g/mol. The highest BCUT2D eigenvalue weighted by atomic mass is 35.5. The zero-order valence-corrected chi connectivity index (χ0v) is 11.0. The molecule has 2 unspecified atom stereocenters. The molecule has 0 amide bonds. The van der Waals surface area contributed by atoms with Crippen molar-refractivity contribution in [2.75, 3.05) is 6.54 Å². The average molecular weight is 262 g/mol. The quantitative estimate of drug-likeness (QED) is 0.873. The maximum atomic E-state index is 10.3. The number of benzene rings is 1. The summed E-state index contributed by atoms with van der Waals surface area (Å²) in [6.07, 6.45) is 0.0711. The molecule has 1 rings (SSSR count). The summed E-state index contributed by atoms with van der Waals surface area (Å²) in [5.41, 5.74) is 5.97. The number of hydrogen-bond acceptors (Lipinski definition) is 2. The zero-order valence-electron chi connectivity index (χ0n) is 9.50. The van der Waals surface area contributed by atoms with E-state index in [9.17, 15) is 5.11 Å². The Morgan fingerprint density at radius 2 is 2.06 bits per heavy atom. The second-order valence-electron chi connectivity index (χ2n) is 4.26. The Hall–Kier alpha value is -0.280. The fourth-order valence-corrected chi connectivity index (χ4v) is 1.97. The molecule has 1 aromatic carbocycles. The summed E-state index contributed by atoms with van der Waals surface area (Å²) in [6.45, 7) is 4.33. The predicted octanol–water partition coefficient (Wildman–Crippen LogP) is 3.40. The molecular formula is C12H17Cl2NO. The lowest BCUT2D eigenvalue weighted by Gasteiger charge is -2.33. The van der Waals surface area contributed by atoms with Crippen LogP contribution in [-0.2, 0) is 0 Å². The highest BCUT2D eigenvalue weighted by Crippen LogP contribution is 2.40. The Labute approximate surface area is 106 Å². The molecule has 0 saturated carbocycles. The molecule has 90 valence electrons. The Morgan fingerprint density at radius 3 is 2.56 bits per heavy atom. The Balaban J connectivity index is 3.13. The van der Waals surface area contributed by atoms with Gasteiger partial charge in [0.2, 0.25) is 0 Å². The van der Waals surface area contributed by atoms with Crippen LogP contribution in [0.2, 0.25) is 10.0 Å². The van der Waals surface area contributed by atoms with Gasteiger partial charge in [0.05, 0.1) is 16.1 Å². The number of aliphatic hydroxyl groups excluding tert-OH is 1. The van der Waals surface area contributed by atoms with Gasteiger partial charge in [-0.3, -0.25) is 0 Å². The summed E-state index contributed by atoms with van der Waals surface area (Å²) >= 11 is 12.0. The van der Waals surface area contributed by atoms with Crippen LogP contribution in [0.15, 0.2) is 18.2 Å². The van der Waals surface area contributed by atoms with Crippen molar-refractivity contribution < 1.29 is 5.11 Å². The van der Waals surface area contributed by atoms with Crippen LogP contribution in [0.1, 0.15) is 31.9 Å². The number of aliphatic hydroxyl groups is 1. The Kier molecular flexibility index (Phi) is 4.62. The van der Waals surface area contributed by atoms with E-state index in [0.29, 0.717) is 22.2 Å². The van der Waals surface area contributed by atoms with E-state index in [1.54, 1.807) is 18.2 Å². The van der Waals surface area contributed by atoms with Crippen LogP contribution in [-0.4, -0.2) is 11.7 Å². The van der Waals surface area contributed by atoms with Crippen molar-refractivity contribution in [2.24, 2.45) is 11.1 Å². The maximum absolute atomic E-state index is 10.3. The molecule has 0 spiro atoms. The molecule has 0 aliphatic carbocycles. The van der Waals surface area contributed by atoms with Crippen molar-refractivity contribution in [3.8, 4) is 0 Å². The minimum Gasteiger partial charge on any atom is -0.388 e. The molecule has 2 atom stereocenters. The van der Waals surface area contributed by atoms with Gasteiger partial charge in [0.15, 0.2) is 0 Å². The standard InChI is InChI=1S/C12H17Cl2NO/c1-3-12(2,7-15)11(16)8-5-4-6-9(13)10(8)14/h4-6,11,16H,3,7,15H2,1-2H3. The first-order chi connectivity index (χ1) is 7.46. The lowest BCUT2D eigenvalue weighted by molar-refractivity contribution is 0.0392. The van der Waals surface area contributed by atoms with Gasteiger partial charge in [0, 0.05) is 17.5 Å². The van der Waals surface area contributed by atoms with Gasteiger partial charge in [-0.15, -0.1) is 0 Å². The molecule has 0 aromatic heterocycles. The Morgan fingerprint density at radius 1 is 1.44 bits per heavy atom. The lowest BCUT2D eigenvalue weighted by atomic mass is 9.78. The number of nitrogens with two attached hydrogens (primary N) is 1. The van der Waals surface area contributed by atoms with Gasteiger partial charge in [-0.1, -0.05) is 49.2 Å². The summed E-state index contributed by atoms with van der Waals surface area (Å²) < 4.78 is 0. The number of rotatable bonds is 4. The first-order valence-electron chi connectivity index (χ1n) is 5.28. The van der Waals surface area contributed by atoms with Crippen LogP contribution in [0, 0.1) is 5.41 Å². The minimum absolute atomic E-state index is 0.381.